The Kier molecular flexibility index (Phi) is 5.56. The van der Waals surface area contributed by atoms with Crippen LogP contribution in [0.2, 0.25) is 0 Å². The summed E-state index contributed by atoms with van der Waals surface area (Å²) in [6, 6.07) is 0. The molecule has 16 heavy (non-hydrogen) atoms. The molecule has 0 saturated carbocycles. The zero-order chi connectivity index (χ0) is 12.1. The minimum atomic E-state index is -0.387. The fourth-order valence-corrected chi connectivity index (χ4v) is 2.02. The molecule has 1 rings (SSSR count). The van der Waals surface area contributed by atoms with Crippen molar-refractivity contribution < 1.29 is 4.79 Å². The van der Waals surface area contributed by atoms with Crippen LogP contribution >= 0.6 is 11.6 Å². The van der Waals surface area contributed by atoms with Crippen LogP contribution in [0.1, 0.15) is 27.2 Å². The molecule has 3 nitrogen and oxygen atoms in total. The number of nitrogens with zero attached hydrogens (tertiary/aromatic N) is 2. The van der Waals surface area contributed by atoms with Crippen molar-refractivity contribution in [3.8, 4) is 0 Å². The molecule has 1 atom stereocenters. The van der Waals surface area contributed by atoms with Gasteiger partial charge in [0, 0.05) is 26.2 Å². The fraction of sp³-hybridized carbons (Fsp3) is 0.917. The quantitative estimate of drug-likeness (QED) is 0.707. The molecule has 0 spiro atoms. The summed E-state index contributed by atoms with van der Waals surface area (Å²) in [6.07, 6.45) is 1.24. The van der Waals surface area contributed by atoms with E-state index in [0.717, 1.165) is 38.6 Å². The van der Waals surface area contributed by atoms with Crippen molar-refractivity contribution >= 4 is 17.5 Å². The van der Waals surface area contributed by atoms with Crippen LogP contribution < -0.4 is 0 Å². The number of piperazine rings is 1. The van der Waals surface area contributed by atoms with Crippen molar-refractivity contribution in [3.63, 3.8) is 0 Å². The van der Waals surface area contributed by atoms with E-state index in [4.69, 9.17) is 11.6 Å². The van der Waals surface area contributed by atoms with Gasteiger partial charge in [0.05, 0.1) is 0 Å². The fourth-order valence-electron chi connectivity index (χ4n) is 1.88. The molecule has 1 aliphatic rings. The van der Waals surface area contributed by atoms with Crippen molar-refractivity contribution in [1.82, 2.24) is 9.80 Å². The van der Waals surface area contributed by atoms with Crippen LogP contribution in [0.5, 0.6) is 0 Å². The van der Waals surface area contributed by atoms with Crippen LogP contribution in [-0.4, -0.2) is 53.8 Å². The van der Waals surface area contributed by atoms with Gasteiger partial charge in [0.2, 0.25) is 5.91 Å². The van der Waals surface area contributed by atoms with E-state index in [2.05, 4.69) is 18.7 Å². The average Bonchev–Trinajstić information content (AvgIpc) is 2.26. The molecule has 1 saturated heterocycles. The maximum absolute atomic E-state index is 11.6. The van der Waals surface area contributed by atoms with Gasteiger partial charge in [-0.25, -0.2) is 0 Å². The molecule has 1 fully saturated rings. The van der Waals surface area contributed by atoms with Gasteiger partial charge < -0.3 is 4.90 Å². The standard InChI is InChI=1S/C12H23ClN2O/c1-10(2)4-5-14-6-8-15(9-7-14)12(16)11(3)13/h10-11H,4-9H2,1-3H3. The third-order valence-corrected chi connectivity index (χ3v) is 3.23. The van der Waals surface area contributed by atoms with Gasteiger partial charge in [-0.3, -0.25) is 9.69 Å². The average molecular weight is 247 g/mol. The summed E-state index contributed by atoms with van der Waals surface area (Å²) in [4.78, 5) is 16.0. The number of hydrogen-bond donors (Lipinski definition) is 0. The maximum Gasteiger partial charge on any atom is 0.240 e. The van der Waals surface area contributed by atoms with Gasteiger partial charge in [-0.2, -0.15) is 0 Å². The van der Waals surface area contributed by atoms with Gasteiger partial charge in [-0.05, 0) is 25.8 Å². The molecule has 0 aromatic heterocycles. The molecular formula is C12H23ClN2O. The summed E-state index contributed by atoms with van der Waals surface area (Å²) in [5, 5.41) is -0.387. The molecule has 1 aliphatic heterocycles. The zero-order valence-electron chi connectivity index (χ0n) is 10.6. The van der Waals surface area contributed by atoms with Crippen LogP contribution in [0.25, 0.3) is 0 Å². The maximum atomic E-state index is 11.6. The van der Waals surface area contributed by atoms with E-state index in [0.29, 0.717) is 0 Å². The van der Waals surface area contributed by atoms with Crippen LogP contribution in [0.3, 0.4) is 0 Å². The first-order chi connectivity index (χ1) is 7.50. The Labute approximate surface area is 104 Å². The van der Waals surface area contributed by atoms with Crippen molar-refractivity contribution in [2.75, 3.05) is 32.7 Å². The van der Waals surface area contributed by atoms with Gasteiger partial charge >= 0.3 is 0 Å². The predicted octanol–water partition coefficient (Wildman–Crippen LogP) is 1.80. The Morgan fingerprint density at radius 3 is 2.19 bits per heavy atom. The van der Waals surface area contributed by atoms with Crippen LogP contribution in [0.4, 0.5) is 0 Å². The lowest BCUT2D eigenvalue weighted by molar-refractivity contribution is -0.132. The van der Waals surface area contributed by atoms with E-state index >= 15 is 0 Å². The molecule has 1 amide bonds. The first-order valence-corrected chi connectivity index (χ1v) is 6.59. The monoisotopic (exact) mass is 246 g/mol. The van der Waals surface area contributed by atoms with E-state index in [-0.39, 0.29) is 11.3 Å². The predicted molar refractivity (Wildman–Crippen MR) is 67.8 cm³/mol. The van der Waals surface area contributed by atoms with E-state index in [9.17, 15) is 4.79 Å². The van der Waals surface area contributed by atoms with Gasteiger partial charge in [-0.1, -0.05) is 13.8 Å². The molecule has 1 heterocycles. The molecule has 0 aromatic carbocycles. The minimum Gasteiger partial charge on any atom is -0.339 e. The highest BCUT2D eigenvalue weighted by Gasteiger charge is 2.23. The van der Waals surface area contributed by atoms with Gasteiger partial charge in [0.1, 0.15) is 5.38 Å². The highest BCUT2D eigenvalue weighted by Crippen LogP contribution is 2.09. The summed E-state index contributed by atoms with van der Waals surface area (Å²) < 4.78 is 0. The summed E-state index contributed by atoms with van der Waals surface area (Å²) in [6.45, 7) is 11.0. The second kappa shape index (κ2) is 6.45. The third kappa shape index (κ3) is 4.30. The van der Waals surface area contributed by atoms with Gasteiger partial charge in [0.25, 0.3) is 0 Å². The Morgan fingerprint density at radius 2 is 1.75 bits per heavy atom. The highest BCUT2D eigenvalue weighted by atomic mass is 35.5. The largest absolute Gasteiger partial charge is 0.339 e. The Bertz CT molecular complexity index is 223. The Hall–Kier alpha value is -0.280. The lowest BCUT2D eigenvalue weighted by Gasteiger charge is -2.35. The Morgan fingerprint density at radius 1 is 1.19 bits per heavy atom. The topological polar surface area (TPSA) is 23.6 Å². The second-order valence-electron chi connectivity index (χ2n) is 4.97. The van der Waals surface area contributed by atoms with E-state index in [1.165, 1.54) is 6.42 Å². The van der Waals surface area contributed by atoms with Gasteiger partial charge in [0.15, 0.2) is 0 Å². The minimum absolute atomic E-state index is 0.0742. The van der Waals surface area contributed by atoms with Crippen LogP contribution in [0.15, 0.2) is 0 Å². The molecule has 4 heteroatoms. The van der Waals surface area contributed by atoms with Crippen molar-refractivity contribution in [2.45, 2.75) is 32.6 Å². The first kappa shape index (κ1) is 13.8. The van der Waals surface area contributed by atoms with E-state index in [1.54, 1.807) is 6.92 Å². The molecule has 0 aliphatic carbocycles. The third-order valence-electron chi connectivity index (χ3n) is 3.05. The SMILES string of the molecule is CC(C)CCN1CCN(C(=O)C(C)Cl)CC1. The second-order valence-corrected chi connectivity index (χ2v) is 5.62. The number of amides is 1. The number of alkyl halides is 1. The molecule has 94 valence electrons. The molecule has 0 aromatic rings. The number of carbonyl (C=O) groups is 1. The molecule has 1 unspecified atom stereocenters. The molecule has 0 N–H and O–H groups in total. The normalized spacial score (nSPS) is 20.2. The lowest BCUT2D eigenvalue weighted by Crippen LogP contribution is -2.50. The van der Waals surface area contributed by atoms with Crippen LogP contribution in [0, 0.1) is 5.92 Å². The van der Waals surface area contributed by atoms with E-state index in [1.807, 2.05) is 4.90 Å². The highest BCUT2D eigenvalue weighted by molar-refractivity contribution is 6.30. The number of halogens is 1. The van der Waals surface area contributed by atoms with E-state index < -0.39 is 0 Å². The Balaban J connectivity index is 2.26. The number of rotatable bonds is 4. The van der Waals surface area contributed by atoms with Crippen molar-refractivity contribution in [3.05, 3.63) is 0 Å². The summed E-state index contributed by atoms with van der Waals surface area (Å²) >= 11 is 5.80. The lowest BCUT2D eigenvalue weighted by atomic mass is 10.1. The smallest absolute Gasteiger partial charge is 0.240 e. The number of carbonyl (C=O) groups excluding carboxylic acids is 1. The zero-order valence-corrected chi connectivity index (χ0v) is 11.3. The number of hydrogen-bond acceptors (Lipinski definition) is 2. The van der Waals surface area contributed by atoms with Crippen molar-refractivity contribution in [2.24, 2.45) is 5.92 Å². The molecule has 0 radical (unpaired) electrons. The summed E-state index contributed by atoms with van der Waals surface area (Å²) in [7, 11) is 0. The van der Waals surface area contributed by atoms with Crippen molar-refractivity contribution in [1.29, 1.82) is 0 Å². The summed E-state index contributed by atoms with van der Waals surface area (Å²) in [5.41, 5.74) is 0. The molecule has 0 bridgehead atoms. The molecular weight excluding hydrogens is 224 g/mol. The van der Waals surface area contributed by atoms with Crippen LogP contribution in [-0.2, 0) is 4.79 Å². The van der Waals surface area contributed by atoms with Gasteiger partial charge in [-0.15, -0.1) is 11.6 Å². The first-order valence-electron chi connectivity index (χ1n) is 6.16. The summed E-state index contributed by atoms with van der Waals surface area (Å²) in [5.74, 6) is 0.827.